The SMILES string of the molecule is C=C(N)/C=C\C(C#Cc1c(C)ncnc1N1CCC2(CCNC2=O)CC1)=C/N. The van der Waals surface area contributed by atoms with Crippen LogP contribution in [0.2, 0.25) is 0 Å². The quantitative estimate of drug-likeness (QED) is 0.537. The number of carbonyl (C=O) groups excluding carboxylic acids is 1. The van der Waals surface area contributed by atoms with Crippen molar-refractivity contribution in [1.29, 1.82) is 0 Å². The zero-order valence-electron chi connectivity index (χ0n) is 16.2. The summed E-state index contributed by atoms with van der Waals surface area (Å²) >= 11 is 0. The van der Waals surface area contributed by atoms with E-state index in [0.717, 1.165) is 56.0 Å². The molecule has 1 aromatic rings. The van der Waals surface area contributed by atoms with Gasteiger partial charge in [0.05, 0.1) is 16.7 Å². The molecule has 7 nitrogen and oxygen atoms in total. The molecule has 7 heteroatoms. The van der Waals surface area contributed by atoms with Crippen LogP contribution >= 0.6 is 0 Å². The maximum Gasteiger partial charge on any atom is 0.226 e. The first-order chi connectivity index (χ1) is 13.4. The third-order valence-corrected chi connectivity index (χ3v) is 5.40. The molecule has 0 unspecified atom stereocenters. The van der Waals surface area contributed by atoms with Gasteiger partial charge in [-0.15, -0.1) is 0 Å². The number of amides is 1. The highest BCUT2D eigenvalue weighted by molar-refractivity contribution is 5.85. The number of carbonyl (C=O) groups is 1. The molecule has 0 bridgehead atoms. The number of nitrogens with zero attached hydrogens (tertiary/aromatic N) is 3. The maximum atomic E-state index is 12.2. The number of anilines is 1. The van der Waals surface area contributed by atoms with Crippen LogP contribution in [0.3, 0.4) is 0 Å². The van der Waals surface area contributed by atoms with E-state index in [1.807, 2.05) is 6.92 Å². The van der Waals surface area contributed by atoms with E-state index in [4.69, 9.17) is 11.5 Å². The summed E-state index contributed by atoms with van der Waals surface area (Å²) in [5.74, 6) is 7.20. The number of hydrogen-bond donors (Lipinski definition) is 3. The number of aromatic nitrogens is 2. The molecule has 1 amide bonds. The minimum Gasteiger partial charge on any atom is -0.404 e. The summed E-state index contributed by atoms with van der Waals surface area (Å²) in [6.07, 6.45) is 8.92. The Morgan fingerprint density at radius 3 is 2.68 bits per heavy atom. The molecule has 0 atom stereocenters. The van der Waals surface area contributed by atoms with E-state index in [2.05, 4.69) is 38.6 Å². The van der Waals surface area contributed by atoms with Crippen LogP contribution in [0, 0.1) is 24.2 Å². The molecule has 1 spiro atoms. The van der Waals surface area contributed by atoms with Gasteiger partial charge in [0, 0.05) is 37.1 Å². The molecule has 0 radical (unpaired) electrons. The summed E-state index contributed by atoms with van der Waals surface area (Å²) in [5, 5.41) is 2.97. The Balaban J connectivity index is 1.83. The van der Waals surface area contributed by atoms with Crippen LogP contribution in [-0.4, -0.2) is 35.5 Å². The van der Waals surface area contributed by atoms with Gasteiger partial charge in [0.15, 0.2) is 0 Å². The average molecular weight is 378 g/mol. The first kappa shape index (κ1) is 19.5. The van der Waals surface area contributed by atoms with Gasteiger partial charge in [0.2, 0.25) is 5.91 Å². The fraction of sp³-hybridized carbons (Fsp3) is 0.381. The van der Waals surface area contributed by atoms with E-state index in [1.54, 1.807) is 18.5 Å². The summed E-state index contributed by atoms with van der Waals surface area (Å²) in [7, 11) is 0. The van der Waals surface area contributed by atoms with Gasteiger partial charge < -0.3 is 21.7 Å². The molecule has 2 aliphatic rings. The van der Waals surface area contributed by atoms with E-state index in [9.17, 15) is 4.79 Å². The first-order valence-electron chi connectivity index (χ1n) is 9.36. The Hall–Kier alpha value is -3.27. The predicted octanol–water partition coefficient (Wildman–Crippen LogP) is 1.11. The van der Waals surface area contributed by atoms with Crippen molar-refractivity contribution in [3.05, 3.63) is 53.8 Å². The number of aryl methyl sites for hydroxylation is 1. The van der Waals surface area contributed by atoms with Crippen LogP contribution in [0.5, 0.6) is 0 Å². The molecule has 28 heavy (non-hydrogen) atoms. The molecule has 3 heterocycles. The lowest BCUT2D eigenvalue weighted by molar-refractivity contribution is -0.128. The van der Waals surface area contributed by atoms with Gasteiger partial charge in [-0.1, -0.05) is 18.4 Å². The second kappa shape index (κ2) is 8.17. The molecule has 0 aromatic carbocycles. The summed E-state index contributed by atoms with van der Waals surface area (Å²) < 4.78 is 0. The Bertz CT molecular complexity index is 897. The second-order valence-corrected chi connectivity index (χ2v) is 7.21. The van der Waals surface area contributed by atoms with E-state index in [-0.39, 0.29) is 11.3 Å². The minimum absolute atomic E-state index is 0.192. The third kappa shape index (κ3) is 4.01. The van der Waals surface area contributed by atoms with E-state index < -0.39 is 0 Å². The van der Waals surface area contributed by atoms with Crippen molar-refractivity contribution in [2.24, 2.45) is 16.9 Å². The number of allylic oxidation sites excluding steroid dienone is 3. The van der Waals surface area contributed by atoms with Crippen molar-refractivity contribution >= 4 is 11.7 Å². The molecule has 5 N–H and O–H groups in total. The van der Waals surface area contributed by atoms with Gasteiger partial charge in [-0.05, 0) is 38.3 Å². The molecule has 2 saturated heterocycles. The van der Waals surface area contributed by atoms with Gasteiger partial charge in [-0.3, -0.25) is 4.79 Å². The van der Waals surface area contributed by atoms with Crippen molar-refractivity contribution in [2.75, 3.05) is 24.5 Å². The zero-order valence-corrected chi connectivity index (χ0v) is 16.2. The molecule has 1 aromatic heterocycles. The number of nitrogens with one attached hydrogen (secondary N) is 1. The van der Waals surface area contributed by atoms with Crippen molar-refractivity contribution < 1.29 is 4.79 Å². The number of nitrogens with two attached hydrogens (primary N) is 2. The Labute approximate surface area is 165 Å². The molecule has 3 rings (SSSR count). The number of hydrogen-bond acceptors (Lipinski definition) is 6. The fourth-order valence-corrected chi connectivity index (χ4v) is 3.66. The van der Waals surface area contributed by atoms with Crippen molar-refractivity contribution in [1.82, 2.24) is 15.3 Å². The summed E-state index contributed by atoms with van der Waals surface area (Å²) in [5.41, 5.74) is 13.6. The number of piperidine rings is 1. The highest BCUT2D eigenvalue weighted by Gasteiger charge is 2.44. The highest BCUT2D eigenvalue weighted by atomic mass is 16.2. The van der Waals surface area contributed by atoms with E-state index in [1.165, 1.54) is 6.20 Å². The summed E-state index contributed by atoms with van der Waals surface area (Å²) in [6.45, 7) is 7.85. The van der Waals surface area contributed by atoms with Gasteiger partial charge in [0.25, 0.3) is 0 Å². The predicted molar refractivity (Wildman–Crippen MR) is 110 cm³/mol. The Kier molecular flexibility index (Phi) is 5.69. The zero-order chi connectivity index (χ0) is 20.1. The minimum atomic E-state index is -0.213. The maximum absolute atomic E-state index is 12.2. The second-order valence-electron chi connectivity index (χ2n) is 7.21. The molecule has 2 fully saturated rings. The fourth-order valence-electron chi connectivity index (χ4n) is 3.66. The lowest BCUT2D eigenvalue weighted by atomic mass is 9.77. The van der Waals surface area contributed by atoms with Crippen LogP contribution in [0.25, 0.3) is 0 Å². The molecule has 0 aliphatic carbocycles. The normalized spacial score (nSPS) is 18.8. The van der Waals surface area contributed by atoms with Gasteiger partial charge in [-0.25, -0.2) is 9.97 Å². The van der Waals surface area contributed by atoms with E-state index in [0.29, 0.717) is 11.3 Å². The largest absolute Gasteiger partial charge is 0.404 e. The third-order valence-electron chi connectivity index (χ3n) is 5.40. The summed E-state index contributed by atoms with van der Waals surface area (Å²) in [6, 6.07) is 0. The molecular formula is C21H26N6O. The molecule has 0 saturated carbocycles. The molecular weight excluding hydrogens is 352 g/mol. The van der Waals surface area contributed by atoms with Crippen molar-refractivity contribution in [2.45, 2.75) is 26.2 Å². The van der Waals surface area contributed by atoms with Gasteiger partial charge >= 0.3 is 0 Å². The Morgan fingerprint density at radius 1 is 1.32 bits per heavy atom. The van der Waals surface area contributed by atoms with Crippen LogP contribution in [0.15, 0.2) is 42.5 Å². The topological polar surface area (TPSA) is 110 Å². The molecule has 146 valence electrons. The van der Waals surface area contributed by atoms with Crippen molar-refractivity contribution in [3.63, 3.8) is 0 Å². The number of rotatable bonds is 3. The summed E-state index contributed by atoms with van der Waals surface area (Å²) in [4.78, 5) is 23.2. The van der Waals surface area contributed by atoms with Gasteiger partial charge in [-0.2, -0.15) is 0 Å². The van der Waals surface area contributed by atoms with Crippen LogP contribution in [-0.2, 0) is 4.79 Å². The smallest absolute Gasteiger partial charge is 0.226 e. The molecule has 2 aliphatic heterocycles. The average Bonchev–Trinajstić information content (AvgIpc) is 3.03. The highest BCUT2D eigenvalue weighted by Crippen LogP contribution is 2.39. The monoisotopic (exact) mass is 378 g/mol. The van der Waals surface area contributed by atoms with Crippen molar-refractivity contribution in [3.8, 4) is 11.8 Å². The van der Waals surface area contributed by atoms with Crippen LogP contribution in [0.4, 0.5) is 5.82 Å². The standard InChI is InChI=1S/C21H26N6O/c1-15(23)3-4-17(13-22)5-6-18-16(2)25-14-26-19(18)27-11-8-21(9-12-27)7-10-24-20(21)28/h3-4,13-14H,1,7-12,22-23H2,2H3,(H,24,28)/b4-3-,17-13+. The van der Waals surface area contributed by atoms with E-state index >= 15 is 0 Å². The Morgan fingerprint density at radius 2 is 2.07 bits per heavy atom. The van der Waals surface area contributed by atoms with Gasteiger partial charge in [0.1, 0.15) is 12.1 Å². The lowest BCUT2D eigenvalue weighted by Gasteiger charge is -2.38. The van der Waals surface area contributed by atoms with Crippen LogP contribution in [0.1, 0.15) is 30.5 Å². The van der Waals surface area contributed by atoms with Crippen LogP contribution < -0.4 is 21.7 Å². The lowest BCUT2D eigenvalue weighted by Crippen LogP contribution is -2.44. The first-order valence-corrected chi connectivity index (χ1v) is 9.36.